The Kier molecular flexibility index (Phi) is 3.24. The van der Waals surface area contributed by atoms with Gasteiger partial charge in [0.15, 0.2) is 0 Å². The van der Waals surface area contributed by atoms with E-state index in [0.29, 0.717) is 5.56 Å². The normalized spacial score (nSPS) is 17.3. The van der Waals surface area contributed by atoms with Gasteiger partial charge >= 0.3 is 0 Å². The molecule has 2 aliphatic rings. The minimum atomic E-state index is -0.143. The molecule has 2 aliphatic heterocycles. The van der Waals surface area contributed by atoms with Gasteiger partial charge in [-0.1, -0.05) is 11.8 Å². The van der Waals surface area contributed by atoms with Crippen molar-refractivity contribution >= 4 is 29.7 Å². The smallest absolute Gasteiger partial charge is 0.133 e. The monoisotopic (exact) mass is 301 g/mol. The van der Waals surface area contributed by atoms with E-state index in [0.717, 1.165) is 41.8 Å². The van der Waals surface area contributed by atoms with Crippen molar-refractivity contribution in [2.75, 3.05) is 31.1 Å². The number of hydrogen-bond donors (Lipinski definition) is 1. The number of nitrogens with zero attached hydrogens (tertiary/aromatic N) is 2. The number of aromatic nitrogens is 1. The maximum absolute atomic E-state index is 14.5. The first kappa shape index (κ1) is 13.0. The van der Waals surface area contributed by atoms with Crippen LogP contribution in [0.5, 0.6) is 0 Å². The molecule has 108 valence electrons. The van der Waals surface area contributed by atoms with Gasteiger partial charge in [-0.05, 0) is 30.3 Å². The molecule has 1 N–H and O–H groups in total. The molecule has 0 spiro atoms. The number of hydrogen-bond acceptors (Lipinski definition) is 3. The van der Waals surface area contributed by atoms with Crippen molar-refractivity contribution in [3.8, 4) is 0 Å². The lowest BCUT2D eigenvalue weighted by molar-refractivity contribution is 0.583. The third kappa shape index (κ3) is 2.36. The van der Waals surface area contributed by atoms with Gasteiger partial charge in [0.25, 0.3) is 0 Å². The molecule has 1 saturated heterocycles. The highest BCUT2D eigenvalue weighted by molar-refractivity contribution is 7.99. The maximum atomic E-state index is 14.5. The van der Waals surface area contributed by atoms with Crippen LogP contribution in [0.3, 0.4) is 0 Å². The first-order valence-electron chi connectivity index (χ1n) is 7.13. The summed E-state index contributed by atoms with van der Waals surface area (Å²) in [5.41, 5.74) is 1.66. The van der Waals surface area contributed by atoms with Gasteiger partial charge in [0, 0.05) is 54.7 Å². The quantitative estimate of drug-likeness (QED) is 0.746. The first-order chi connectivity index (χ1) is 10.3. The molecule has 1 aromatic carbocycles. The summed E-state index contributed by atoms with van der Waals surface area (Å²) < 4.78 is 16.5. The summed E-state index contributed by atoms with van der Waals surface area (Å²) >= 11 is 1.62. The van der Waals surface area contributed by atoms with Crippen LogP contribution in [0, 0.1) is 5.82 Å². The molecule has 0 amide bonds. The average Bonchev–Trinajstić information content (AvgIpc) is 2.87. The van der Waals surface area contributed by atoms with Crippen molar-refractivity contribution < 1.29 is 4.39 Å². The van der Waals surface area contributed by atoms with Gasteiger partial charge in [0.05, 0.1) is 5.03 Å². The molecular weight excluding hydrogens is 285 g/mol. The van der Waals surface area contributed by atoms with Crippen molar-refractivity contribution in [1.29, 1.82) is 0 Å². The van der Waals surface area contributed by atoms with Gasteiger partial charge in [-0.2, -0.15) is 0 Å². The molecule has 0 aliphatic carbocycles. The number of halogens is 1. The molecule has 0 atom stereocenters. The second-order valence-electron chi connectivity index (χ2n) is 5.25. The van der Waals surface area contributed by atoms with E-state index in [1.54, 1.807) is 17.8 Å². The van der Waals surface area contributed by atoms with E-state index >= 15 is 0 Å². The lowest BCUT2D eigenvalue weighted by atomic mass is 10.1. The van der Waals surface area contributed by atoms with Gasteiger partial charge in [-0.3, -0.25) is 0 Å². The summed E-state index contributed by atoms with van der Waals surface area (Å²) in [6.45, 7) is 3.76. The van der Waals surface area contributed by atoms with Gasteiger partial charge in [-0.25, -0.2) is 4.39 Å². The van der Waals surface area contributed by atoms with E-state index in [2.05, 4.69) is 22.3 Å². The highest BCUT2D eigenvalue weighted by atomic mass is 32.2. The summed E-state index contributed by atoms with van der Waals surface area (Å²) in [6.07, 6.45) is 5.76. The van der Waals surface area contributed by atoms with Gasteiger partial charge in [0.2, 0.25) is 0 Å². The molecule has 21 heavy (non-hydrogen) atoms. The molecule has 0 radical (unpaired) electrons. The van der Waals surface area contributed by atoms with Crippen LogP contribution in [-0.4, -0.2) is 30.7 Å². The van der Waals surface area contributed by atoms with Crippen LogP contribution in [-0.2, 0) is 0 Å². The number of nitrogens with one attached hydrogen (secondary N) is 1. The average molecular weight is 301 g/mol. The van der Waals surface area contributed by atoms with Crippen molar-refractivity contribution in [3.05, 3.63) is 41.8 Å². The molecule has 0 saturated carbocycles. The van der Waals surface area contributed by atoms with Crippen LogP contribution < -0.4 is 10.2 Å². The summed E-state index contributed by atoms with van der Waals surface area (Å²) in [5.74, 6) is -0.143. The fraction of sp³-hybridized carbons (Fsp3) is 0.250. The van der Waals surface area contributed by atoms with Gasteiger partial charge in [-0.15, -0.1) is 0 Å². The zero-order valence-electron chi connectivity index (χ0n) is 11.6. The second kappa shape index (κ2) is 5.24. The Bertz CT molecular complexity index is 702. The van der Waals surface area contributed by atoms with E-state index in [1.807, 2.05) is 29.1 Å². The Balaban J connectivity index is 1.76. The van der Waals surface area contributed by atoms with Crippen LogP contribution in [0.15, 0.2) is 40.4 Å². The maximum Gasteiger partial charge on any atom is 0.133 e. The van der Waals surface area contributed by atoms with Crippen LogP contribution >= 0.6 is 11.8 Å². The van der Waals surface area contributed by atoms with Crippen LogP contribution in [0.25, 0.3) is 12.3 Å². The summed E-state index contributed by atoms with van der Waals surface area (Å²) in [4.78, 5) is 3.23. The zero-order chi connectivity index (χ0) is 14.2. The van der Waals surface area contributed by atoms with E-state index in [1.165, 1.54) is 0 Å². The summed E-state index contributed by atoms with van der Waals surface area (Å²) in [5, 5.41) is 4.44. The van der Waals surface area contributed by atoms with E-state index in [9.17, 15) is 4.39 Å². The zero-order valence-corrected chi connectivity index (χ0v) is 12.4. The van der Waals surface area contributed by atoms with Crippen molar-refractivity contribution in [3.63, 3.8) is 0 Å². The standard InChI is InChI=1S/C16H16FN3S/c17-14-10-12(19-8-4-18-5-9-19)11-15-13(14)3-7-20-6-1-2-16(20)21-15/h1-3,6-7,10-11,18H,4-5,8-9H2. The summed E-state index contributed by atoms with van der Waals surface area (Å²) in [7, 11) is 0. The molecule has 3 nitrogen and oxygen atoms in total. The lowest BCUT2D eigenvalue weighted by Gasteiger charge is -2.30. The molecule has 5 heteroatoms. The molecule has 3 heterocycles. The number of benzene rings is 1. The largest absolute Gasteiger partial charge is 0.369 e. The third-order valence-electron chi connectivity index (χ3n) is 3.91. The predicted octanol–water partition coefficient (Wildman–Crippen LogP) is 3.13. The van der Waals surface area contributed by atoms with E-state index in [-0.39, 0.29) is 5.82 Å². The fourth-order valence-electron chi connectivity index (χ4n) is 2.79. The minimum absolute atomic E-state index is 0.143. The van der Waals surface area contributed by atoms with Crippen LogP contribution in [0.2, 0.25) is 0 Å². The Labute approximate surface area is 127 Å². The van der Waals surface area contributed by atoms with Gasteiger partial charge < -0.3 is 14.8 Å². The fourth-order valence-corrected chi connectivity index (χ4v) is 3.84. The number of anilines is 1. The molecule has 4 rings (SSSR count). The minimum Gasteiger partial charge on any atom is -0.369 e. The SMILES string of the molecule is Fc1cc(N2CCNCC2)cc2c1C=Cn1cccc1S2. The van der Waals surface area contributed by atoms with E-state index in [4.69, 9.17) is 0 Å². The molecular formula is C16H16FN3S. The highest BCUT2D eigenvalue weighted by Gasteiger charge is 2.18. The Morgan fingerprint density at radius 1 is 1.19 bits per heavy atom. The summed E-state index contributed by atoms with van der Waals surface area (Å²) in [6, 6.07) is 7.84. The Morgan fingerprint density at radius 2 is 2.05 bits per heavy atom. The number of fused-ring (bicyclic) bond motifs is 2. The predicted molar refractivity (Wildman–Crippen MR) is 85.3 cm³/mol. The van der Waals surface area contributed by atoms with Crippen molar-refractivity contribution in [2.45, 2.75) is 9.92 Å². The van der Waals surface area contributed by atoms with Crippen LogP contribution in [0.1, 0.15) is 5.56 Å². The number of rotatable bonds is 1. The van der Waals surface area contributed by atoms with Crippen molar-refractivity contribution in [2.24, 2.45) is 0 Å². The topological polar surface area (TPSA) is 20.2 Å². The van der Waals surface area contributed by atoms with Crippen LogP contribution in [0.4, 0.5) is 10.1 Å². The molecule has 2 aromatic rings. The number of piperazine rings is 1. The first-order valence-corrected chi connectivity index (χ1v) is 7.95. The van der Waals surface area contributed by atoms with Crippen molar-refractivity contribution in [1.82, 2.24) is 9.88 Å². The second-order valence-corrected chi connectivity index (χ2v) is 6.31. The molecule has 1 aromatic heterocycles. The Hall–Kier alpha value is -1.72. The molecule has 0 unspecified atom stereocenters. The molecule has 1 fully saturated rings. The highest BCUT2D eigenvalue weighted by Crippen LogP contribution is 2.38. The van der Waals surface area contributed by atoms with Gasteiger partial charge in [0.1, 0.15) is 5.82 Å². The van der Waals surface area contributed by atoms with E-state index < -0.39 is 0 Å². The lowest BCUT2D eigenvalue weighted by Crippen LogP contribution is -2.43. The Morgan fingerprint density at radius 3 is 2.90 bits per heavy atom. The molecule has 0 bridgehead atoms. The third-order valence-corrected chi connectivity index (χ3v) is 5.03.